The third-order valence-corrected chi connectivity index (χ3v) is 4.93. The summed E-state index contributed by atoms with van der Waals surface area (Å²) in [5, 5.41) is 2.97. The Labute approximate surface area is 138 Å². The van der Waals surface area contributed by atoms with Crippen molar-refractivity contribution in [3.63, 3.8) is 0 Å². The van der Waals surface area contributed by atoms with Crippen molar-refractivity contribution >= 4 is 29.0 Å². The largest absolute Gasteiger partial charge is 0.369 e. The first-order valence-corrected chi connectivity index (χ1v) is 8.79. The van der Waals surface area contributed by atoms with Crippen LogP contribution in [0.1, 0.15) is 20.8 Å². The Morgan fingerprint density at radius 2 is 1.73 bits per heavy atom. The van der Waals surface area contributed by atoms with E-state index in [1.165, 1.54) is 5.69 Å². The van der Waals surface area contributed by atoms with Gasteiger partial charge in [0.15, 0.2) is 0 Å². The zero-order chi connectivity index (χ0) is 16.2. The molecular weight excluding hydrogens is 294 g/mol. The summed E-state index contributed by atoms with van der Waals surface area (Å²) in [6, 6.07) is 8.18. The van der Waals surface area contributed by atoms with Crippen LogP contribution < -0.4 is 10.2 Å². The number of thioether (sulfide) groups is 1. The van der Waals surface area contributed by atoms with Crippen LogP contribution in [-0.4, -0.2) is 54.5 Å². The molecule has 2 rings (SSSR count). The number of carbonyl (C=O) groups is 1. The van der Waals surface area contributed by atoms with E-state index in [1.807, 2.05) is 12.1 Å². The third kappa shape index (κ3) is 5.54. The Bertz CT molecular complexity index is 488. The second-order valence-electron chi connectivity index (χ2n) is 6.79. The Kier molecular flexibility index (Phi) is 5.75. The van der Waals surface area contributed by atoms with Gasteiger partial charge in [0.05, 0.1) is 5.75 Å². The Hall–Kier alpha value is -1.20. The number of likely N-dealkylation sites (N-methyl/N-ethyl adjacent to an activating group) is 1. The van der Waals surface area contributed by atoms with Crippen LogP contribution in [0.25, 0.3) is 0 Å². The minimum absolute atomic E-state index is 0.0623. The maximum atomic E-state index is 11.9. The molecule has 0 saturated carbocycles. The van der Waals surface area contributed by atoms with Gasteiger partial charge >= 0.3 is 0 Å². The molecule has 1 N–H and O–H groups in total. The van der Waals surface area contributed by atoms with Gasteiger partial charge in [-0.1, -0.05) is 20.8 Å². The summed E-state index contributed by atoms with van der Waals surface area (Å²) < 4.78 is 0.114. The van der Waals surface area contributed by atoms with Gasteiger partial charge in [0.2, 0.25) is 5.91 Å². The SMILES string of the molecule is CN1CCN(c2ccc(NC(=O)CSC(C)(C)C)cc2)CC1. The molecule has 1 aromatic carbocycles. The molecular formula is C17H27N3OS. The average Bonchev–Trinajstić information content (AvgIpc) is 2.46. The van der Waals surface area contributed by atoms with Crippen molar-refractivity contribution < 1.29 is 4.79 Å². The smallest absolute Gasteiger partial charge is 0.234 e. The predicted octanol–water partition coefficient (Wildman–Crippen LogP) is 2.91. The highest BCUT2D eigenvalue weighted by Gasteiger charge is 2.15. The van der Waals surface area contributed by atoms with E-state index in [9.17, 15) is 4.79 Å². The molecule has 122 valence electrons. The van der Waals surface area contributed by atoms with Crippen molar-refractivity contribution in [3.8, 4) is 0 Å². The van der Waals surface area contributed by atoms with Crippen LogP contribution in [0.2, 0.25) is 0 Å². The van der Waals surface area contributed by atoms with Crippen LogP contribution in [0.15, 0.2) is 24.3 Å². The van der Waals surface area contributed by atoms with E-state index in [1.54, 1.807) is 11.8 Å². The van der Waals surface area contributed by atoms with Gasteiger partial charge in [-0.3, -0.25) is 4.79 Å². The van der Waals surface area contributed by atoms with E-state index in [2.05, 4.69) is 55.1 Å². The third-order valence-electron chi connectivity index (χ3n) is 3.66. The number of nitrogens with zero attached hydrogens (tertiary/aromatic N) is 2. The summed E-state index contributed by atoms with van der Waals surface area (Å²) in [4.78, 5) is 16.7. The Morgan fingerprint density at radius 1 is 1.14 bits per heavy atom. The van der Waals surface area contributed by atoms with Gasteiger partial charge in [-0.2, -0.15) is 0 Å². The van der Waals surface area contributed by atoms with Crippen LogP contribution in [0.3, 0.4) is 0 Å². The Morgan fingerprint density at radius 3 is 2.27 bits per heavy atom. The predicted molar refractivity (Wildman–Crippen MR) is 97.0 cm³/mol. The van der Waals surface area contributed by atoms with Crippen molar-refractivity contribution in [3.05, 3.63) is 24.3 Å². The number of hydrogen-bond acceptors (Lipinski definition) is 4. The summed E-state index contributed by atoms with van der Waals surface area (Å²) in [6.45, 7) is 10.7. The number of rotatable bonds is 4. The lowest BCUT2D eigenvalue weighted by atomic mass is 10.2. The van der Waals surface area contributed by atoms with Crippen LogP contribution in [0.4, 0.5) is 11.4 Å². The molecule has 1 aromatic rings. The summed E-state index contributed by atoms with van der Waals surface area (Å²) in [5.74, 6) is 0.552. The quantitative estimate of drug-likeness (QED) is 0.925. The number of benzene rings is 1. The standard InChI is InChI=1S/C17H27N3OS/c1-17(2,3)22-13-16(21)18-14-5-7-15(8-6-14)20-11-9-19(4)10-12-20/h5-8H,9-13H2,1-4H3,(H,18,21). The van der Waals surface area contributed by atoms with Gasteiger partial charge in [-0.25, -0.2) is 0 Å². The first kappa shape index (κ1) is 17.2. The van der Waals surface area contributed by atoms with Crippen LogP contribution in [0.5, 0.6) is 0 Å². The maximum Gasteiger partial charge on any atom is 0.234 e. The maximum absolute atomic E-state index is 11.9. The molecule has 1 aliphatic heterocycles. The van der Waals surface area contributed by atoms with Crippen LogP contribution >= 0.6 is 11.8 Å². The number of piperazine rings is 1. The molecule has 1 saturated heterocycles. The second kappa shape index (κ2) is 7.38. The van der Waals surface area contributed by atoms with E-state index in [4.69, 9.17) is 0 Å². The fraction of sp³-hybridized carbons (Fsp3) is 0.588. The summed E-state index contributed by atoms with van der Waals surface area (Å²) >= 11 is 1.66. The van der Waals surface area contributed by atoms with E-state index in [-0.39, 0.29) is 10.7 Å². The molecule has 0 aromatic heterocycles. The normalized spacial score (nSPS) is 16.6. The monoisotopic (exact) mass is 321 g/mol. The summed E-state index contributed by atoms with van der Waals surface area (Å²) in [7, 11) is 2.16. The van der Waals surface area contributed by atoms with E-state index in [0.29, 0.717) is 5.75 Å². The number of carbonyl (C=O) groups excluding carboxylic acids is 1. The molecule has 5 heteroatoms. The zero-order valence-corrected chi connectivity index (χ0v) is 14.9. The molecule has 4 nitrogen and oxygen atoms in total. The minimum Gasteiger partial charge on any atom is -0.369 e. The van der Waals surface area contributed by atoms with Crippen LogP contribution in [-0.2, 0) is 4.79 Å². The average molecular weight is 321 g/mol. The summed E-state index contributed by atoms with van der Waals surface area (Å²) in [6.07, 6.45) is 0. The lowest BCUT2D eigenvalue weighted by Gasteiger charge is -2.34. The number of amides is 1. The van der Waals surface area contributed by atoms with Gasteiger partial charge in [-0.05, 0) is 31.3 Å². The lowest BCUT2D eigenvalue weighted by molar-refractivity contribution is -0.113. The topological polar surface area (TPSA) is 35.6 Å². The second-order valence-corrected chi connectivity index (χ2v) is 8.59. The van der Waals surface area contributed by atoms with Crippen LogP contribution in [0, 0.1) is 0 Å². The van der Waals surface area contributed by atoms with Crippen molar-refractivity contribution in [1.29, 1.82) is 0 Å². The van der Waals surface area contributed by atoms with Crippen molar-refractivity contribution in [1.82, 2.24) is 4.90 Å². The first-order valence-electron chi connectivity index (χ1n) is 7.81. The van der Waals surface area contributed by atoms with Crippen molar-refractivity contribution in [2.24, 2.45) is 0 Å². The van der Waals surface area contributed by atoms with Gasteiger partial charge in [0.25, 0.3) is 0 Å². The molecule has 0 atom stereocenters. The molecule has 1 heterocycles. The molecule has 0 aliphatic carbocycles. The van der Waals surface area contributed by atoms with Gasteiger partial charge < -0.3 is 15.1 Å². The van der Waals surface area contributed by atoms with Gasteiger partial charge in [-0.15, -0.1) is 11.8 Å². The molecule has 0 radical (unpaired) electrons. The highest BCUT2D eigenvalue weighted by Crippen LogP contribution is 2.23. The number of nitrogens with one attached hydrogen (secondary N) is 1. The van der Waals surface area contributed by atoms with Gasteiger partial charge in [0.1, 0.15) is 0 Å². The Balaban J connectivity index is 1.85. The first-order chi connectivity index (χ1) is 10.3. The number of hydrogen-bond donors (Lipinski definition) is 1. The molecule has 0 bridgehead atoms. The van der Waals surface area contributed by atoms with E-state index in [0.717, 1.165) is 31.9 Å². The molecule has 1 amide bonds. The fourth-order valence-electron chi connectivity index (χ4n) is 2.30. The molecule has 22 heavy (non-hydrogen) atoms. The molecule has 0 unspecified atom stereocenters. The van der Waals surface area contributed by atoms with E-state index < -0.39 is 0 Å². The highest BCUT2D eigenvalue weighted by atomic mass is 32.2. The fourth-order valence-corrected chi connectivity index (χ4v) is 2.94. The number of anilines is 2. The van der Waals surface area contributed by atoms with Crippen molar-refractivity contribution in [2.45, 2.75) is 25.5 Å². The molecule has 1 fully saturated rings. The lowest BCUT2D eigenvalue weighted by Crippen LogP contribution is -2.44. The highest BCUT2D eigenvalue weighted by molar-refractivity contribution is 8.01. The van der Waals surface area contributed by atoms with Gasteiger partial charge in [0, 0.05) is 42.3 Å². The van der Waals surface area contributed by atoms with Crippen molar-refractivity contribution in [2.75, 3.05) is 49.2 Å². The molecule has 0 spiro atoms. The van der Waals surface area contributed by atoms with E-state index >= 15 is 0 Å². The summed E-state index contributed by atoms with van der Waals surface area (Å²) in [5.41, 5.74) is 2.10. The minimum atomic E-state index is 0.0623. The molecule has 1 aliphatic rings. The zero-order valence-electron chi connectivity index (χ0n) is 14.1.